The van der Waals surface area contributed by atoms with Gasteiger partial charge in [0.1, 0.15) is 0 Å². The van der Waals surface area contributed by atoms with E-state index in [-0.39, 0.29) is 5.34 Å². The van der Waals surface area contributed by atoms with Crippen LogP contribution in [0.5, 0.6) is 0 Å². The molecule has 0 unspecified atom stereocenters. The molecule has 0 amide bonds. The monoisotopic (exact) mass is 94.0 g/mol. The average Bonchev–Trinajstić information content (AvgIpc) is 1.46. The topological polar surface area (TPSA) is 78.0 Å². The van der Waals surface area contributed by atoms with E-state index in [2.05, 4.69) is 12.4 Å². The Morgan fingerprint density at radius 1 is 1.80 bits per heavy atom. The molecule has 0 radical (unpaired) electrons. The van der Waals surface area contributed by atoms with Crippen LogP contribution < -0.4 is 5.34 Å². The van der Waals surface area contributed by atoms with Gasteiger partial charge >= 0.3 is 0 Å². The van der Waals surface area contributed by atoms with Crippen molar-refractivity contribution < 1.29 is 5.34 Å². The van der Waals surface area contributed by atoms with E-state index in [0.717, 1.165) is 0 Å². The van der Waals surface area contributed by atoms with Crippen molar-refractivity contribution in [2.75, 3.05) is 0 Å². The van der Waals surface area contributed by atoms with Crippen LogP contribution in [0.4, 0.5) is 0 Å². The van der Waals surface area contributed by atoms with Crippen molar-refractivity contribution in [1.82, 2.24) is 0 Å². The van der Waals surface area contributed by atoms with Gasteiger partial charge in [0, 0.05) is 17.8 Å². The molecule has 0 spiro atoms. The van der Waals surface area contributed by atoms with Gasteiger partial charge in [-0.3, -0.25) is 10.1 Å². The molecule has 0 aromatic heterocycles. The van der Waals surface area contributed by atoms with Crippen LogP contribution in [-0.4, -0.2) is 0 Å². The van der Waals surface area contributed by atoms with E-state index in [9.17, 15) is 0 Å². The first-order valence-electron chi connectivity index (χ1n) is 0.612. The second-order valence-corrected chi connectivity index (χ2v) is 0.0833. The molecule has 0 heterocycles. The molecule has 30 valence electrons. The van der Waals surface area contributed by atoms with Crippen LogP contribution in [0.25, 0.3) is 0 Å². The quantitative estimate of drug-likeness (QED) is 0.287. The van der Waals surface area contributed by atoms with Gasteiger partial charge in [0.25, 0.3) is 0 Å². The summed E-state index contributed by atoms with van der Waals surface area (Å²) in [5.41, 5.74) is 0. The van der Waals surface area contributed by atoms with Crippen molar-refractivity contribution in [3.8, 4) is 0 Å². The van der Waals surface area contributed by atoms with Crippen molar-refractivity contribution in [1.29, 1.82) is 4.78 Å². The number of nitrogens with one attached hydrogen (secondary N) is 2. The second-order valence-electron chi connectivity index (χ2n) is 0.0833. The molecule has 0 aromatic rings. The van der Waals surface area contributed by atoms with Gasteiger partial charge in [-0.1, -0.05) is 0 Å². The zero-order valence-electron chi connectivity index (χ0n) is 2.22. The third kappa shape index (κ3) is 20.5. The van der Waals surface area contributed by atoms with Crippen molar-refractivity contribution in [3.05, 3.63) is 10.1 Å². The minimum Gasteiger partial charge on any atom is -0.267 e. The first kappa shape index (κ1) is 8.83. The summed E-state index contributed by atoms with van der Waals surface area (Å²) >= 11 is 3.33. The lowest BCUT2D eigenvalue weighted by Gasteiger charge is -1.36. The predicted octanol–water partition coefficient (Wildman–Crippen LogP) is -1.37. The lowest BCUT2D eigenvalue weighted by atomic mass is 13.4. The maximum atomic E-state index is 8.12. The molecule has 0 fully saturated rings. The fraction of sp³-hybridized carbons (Fsp3) is 0. The summed E-state index contributed by atoms with van der Waals surface area (Å²) in [7, 11) is 0. The molecule has 5 heavy (non-hydrogen) atoms. The average molecular weight is 94.1 g/mol. The van der Waals surface area contributed by atoms with E-state index in [1.807, 2.05) is 0 Å². The highest BCUT2D eigenvalue weighted by atomic mass is 32.1. The molecule has 0 aliphatic carbocycles. The maximum Gasteiger partial charge on any atom is 0.0324 e. The Balaban J connectivity index is 0. The van der Waals surface area contributed by atoms with Crippen molar-refractivity contribution in [2.45, 2.75) is 0 Å². The SMILES string of the molecule is N=S.O=[NH+][O-]. The molecular formula is H2N2O2S. The highest BCUT2D eigenvalue weighted by Gasteiger charge is 1.10. The van der Waals surface area contributed by atoms with Gasteiger partial charge in [0.05, 0.1) is 0 Å². The largest absolute Gasteiger partial charge is 0.267 e. The Labute approximate surface area is 33.7 Å². The molecule has 4 nitrogen and oxygen atoms in total. The number of rotatable bonds is 0. The molecule has 0 saturated heterocycles. The predicted molar refractivity (Wildman–Crippen MR) is 17.8 cm³/mol. The first-order chi connectivity index (χ1) is 2.41. The van der Waals surface area contributed by atoms with Gasteiger partial charge in [0.2, 0.25) is 0 Å². The van der Waals surface area contributed by atoms with Gasteiger partial charge in [-0.15, -0.1) is 0 Å². The fourth-order valence-corrected chi connectivity index (χ4v) is 0. The smallest absolute Gasteiger partial charge is 0.0324 e. The molecule has 5 heteroatoms. The highest BCUT2D eigenvalue weighted by molar-refractivity contribution is 7.45. The lowest BCUT2D eigenvalue weighted by molar-refractivity contribution is -0.398. The van der Waals surface area contributed by atoms with E-state index in [1.165, 1.54) is 0 Å². The Bertz CT molecular complexity index is 21.6. The molecule has 2 N–H and O–H groups in total. The molecule has 0 aliphatic rings. The number of hydrogen-bond acceptors (Lipinski definition) is 4. The summed E-state index contributed by atoms with van der Waals surface area (Å²) < 4.78 is 5.33. The van der Waals surface area contributed by atoms with E-state index >= 15 is 0 Å². The van der Waals surface area contributed by atoms with Crippen LogP contribution >= 0.6 is 0 Å². The van der Waals surface area contributed by atoms with Crippen molar-refractivity contribution in [3.63, 3.8) is 0 Å². The fourth-order valence-electron chi connectivity index (χ4n) is 0. The minimum absolute atomic E-state index is 0.250. The molecule has 0 aromatic carbocycles. The van der Waals surface area contributed by atoms with Gasteiger partial charge < -0.3 is 0 Å². The van der Waals surface area contributed by atoms with E-state index in [0.29, 0.717) is 0 Å². The maximum absolute atomic E-state index is 8.12. The van der Waals surface area contributed by atoms with Crippen LogP contribution in [0.15, 0.2) is 0 Å². The highest BCUT2D eigenvalue weighted by Crippen LogP contribution is 0.749. The molecule has 0 rings (SSSR count). The summed E-state index contributed by atoms with van der Waals surface area (Å²) in [5.74, 6) is 0. The van der Waals surface area contributed by atoms with Crippen LogP contribution in [0.2, 0.25) is 0 Å². The summed E-state index contributed by atoms with van der Waals surface area (Å²) in [6, 6.07) is 0. The molecule has 0 saturated carbocycles. The Morgan fingerprint density at radius 2 is 1.80 bits per heavy atom. The summed E-state index contributed by atoms with van der Waals surface area (Å²) in [5, 5.41) is 8.38. The number of hydrogen-bond donors (Lipinski definition) is 2. The Hall–Kier alpha value is -0.580. The van der Waals surface area contributed by atoms with Crippen LogP contribution in [0, 0.1) is 14.9 Å². The van der Waals surface area contributed by atoms with Crippen LogP contribution in [-0.2, 0) is 12.4 Å². The zero-order chi connectivity index (χ0) is 4.71. The van der Waals surface area contributed by atoms with E-state index < -0.39 is 0 Å². The molecule has 0 aliphatic heterocycles. The van der Waals surface area contributed by atoms with Crippen molar-refractivity contribution >= 4 is 12.4 Å². The normalized spacial score (nSPS) is 3.20. The van der Waals surface area contributed by atoms with Crippen LogP contribution in [0.3, 0.4) is 0 Å². The molecular weight excluding hydrogens is 92.1 g/mol. The second kappa shape index (κ2) is 114. The van der Waals surface area contributed by atoms with Gasteiger partial charge in [-0.2, -0.15) is 0 Å². The summed E-state index contributed by atoms with van der Waals surface area (Å²) in [4.78, 5) is 8.12. The van der Waals surface area contributed by atoms with Crippen LogP contribution in [0.1, 0.15) is 0 Å². The van der Waals surface area contributed by atoms with Crippen molar-refractivity contribution in [2.24, 2.45) is 0 Å². The third-order valence-electron chi connectivity index (χ3n) is 0. The zero-order valence-corrected chi connectivity index (χ0v) is 3.04. The molecule has 0 bridgehead atoms. The lowest BCUT2D eigenvalue weighted by Crippen LogP contribution is -2.53. The van der Waals surface area contributed by atoms with Gasteiger partial charge in [-0.05, 0) is 0 Å². The summed E-state index contributed by atoms with van der Waals surface area (Å²) in [6.45, 7) is 0. The van der Waals surface area contributed by atoms with Gasteiger partial charge in [0.15, 0.2) is 0 Å². The molecule has 0 atom stereocenters. The Morgan fingerprint density at radius 3 is 1.80 bits per heavy atom. The van der Waals surface area contributed by atoms with Gasteiger partial charge in [-0.25, -0.2) is 4.78 Å². The third-order valence-corrected chi connectivity index (χ3v) is 0. The minimum atomic E-state index is 0.250. The van der Waals surface area contributed by atoms with E-state index in [1.54, 1.807) is 0 Å². The Kier molecular flexibility index (Phi) is 200. The standard InChI is InChI=1S/HNO2.HNS/c2-1-3;1-2/h1H;1H. The first-order valence-corrected chi connectivity index (χ1v) is 1.02. The summed E-state index contributed by atoms with van der Waals surface area (Å²) in [6.07, 6.45) is 0. The van der Waals surface area contributed by atoms with E-state index in [4.69, 9.17) is 14.9 Å².